The molecule has 0 saturated heterocycles. The molecule has 15 heavy (non-hydrogen) atoms. The third kappa shape index (κ3) is 1.55. The molecule has 2 rings (SSSR count). The molecular weight excluding hydrogens is 260 g/mol. The number of halogens is 1. The second-order valence-corrected chi connectivity index (χ2v) is 4.21. The van der Waals surface area contributed by atoms with E-state index in [4.69, 9.17) is 4.42 Å². The van der Waals surface area contributed by atoms with Crippen LogP contribution in [-0.4, -0.2) is 10.9 Å². The fourth-order valence-corrected chi connectivity index (χ4v) is 2.05. The zero-order chi connectivity index (χ0) is 11.2. The van der Waals surface area contributed by atoms with Crippen LogP contribution in [0.15, 0.2) is 21.0 Å². The minimum atomic E-state index is -0.172. The summed E-state index contributed by atoms with van der Waals surface area (Å²) in [6, 6.07) is 3.46. The van der Waals surface area contributed by atoms with Gasteiger partial charge in [0.05, 0.1) is 5.56 Å². The number of carbonyl (C=O) groups excluding carboxylic acids is 1. The first-order chi connectivity index (χ1) is 7.00. The molecule has 0 aliphatic carbocycles. The van der Waals surface area contributed by atoms with Crippen LogP contribution < -0.4 is 0 Å². The number of aromatic hydroxyl groups is 1. The van der Waals surface area contributed by atoms with E-state index in [-0.39, 0.29) is 11.5 Å². The van der Waals surface area contributed by atoms with E-state index in [1.165, 1.54) is 6.92 Å². The number of phenolic OH excluding ortho intramolecular Hbond substituents is 1. The maximum Gasteiger partial charge on any atom is 0.163 e. The van der Waals surface area contributed by atoms with Crippen molar-refractivity contribution in [2.45, 2.75) is 13.8 Å². The smallest absolute Gasteiger partial charge is 0.163 e. The van der Waals surface area contributed by atoms with E-state index in [2.05, 4.69) is 15.9 Å². The first-order valence-corrected chi connectivity index (χ1v) is 5.22. The number of Topliss-reactive ketones (excluding diaryl/α,β-unsaturated/α-hetero) is 1. The quantitative estimate of drug-likeness (QED) is 0.807. The number of hydrogen-bond acceptors (Lipinski definition) is 3. The normalized spacial score (nSPS) is 10.9. The molecule has 0 unspecified atom stereocenters. The van der Waals surface area contributed by atoms with Gasteiger partial charge in [0, 0.05) is 5.39 Å². The summed E-state index contributed by atoms with van der Waals surface area (Å²) in [5.74, 6) is 0.504. The van der Waals surface area contributed by atoms with Crippen LogP contribution in [0.1, 0.15) is 23.0 Å². The zero-order valence-corrected chi connectivity index (χ0v) is 9.88. The van der Waals surface area contributed by atoms with E-state index in [1.54, 1.807) is 6.07 Å². The summed E-state index contributed by atoms with van der Waals surface area (Å²) >= 11 is 3.22. The molecule has 0 radical (unpaired) electrons. The number of benzene rings is 1. The standard InChI is InChI=1S/C11H9BrO3/c1-5-3-7-4-8(6(2)13)10(14)9(12)11(7)15-5/h3-4,14H,1-2H3. The number of phenols is 1. The largest absolute Gasteiger partial charge is 0.506 e. The molecule has 0 aliphatic rings. The van der Waals surface area contributed by atoms with Crippen LogP contribution in [0.2, 0.25) is 0 Å². The van der Waals surface area contributed by atoms with Crippen LogP contribution in [0, 0.1) is 6.92 Å². The zero-order valence-electron chi connectivity index (χ0n) is 8.30. The van der Waals surface area contributed by atoms with Crippen molar-refractivity contribution in [2.75, 3.05) is 0 Å². The van der Waals surface area contributed by atoms with Crippen molar-refractivity contribution >= 4 is 32.7 Å². The Bertz CT molecular complexity index is 554. The molecule has 0 aliphatic heterocycles. The molecule has 1 heterocycles. The average molecular weight is 269 g/mol. The van der Waals surface area contributed by atoms with Gasteiger partial charge in [0.2, 0.25) is 0 Å². The number of rotatable bonds is 1. The molecule has 1 aromatic heterocycles. The molecular formula is C11H9BrO3. The summed E-state index contributed by atoms with van der Waals surface area (Å²) < 4.78 is 5.83. The summed E-state index contributed by atoms with van der Waals surface area (Å²) in [4.78, 5) is 11.3. The highest BCUT2D eigenvalue weighted by molar-refractivity contribution is 9.10. The second-order valence-electron chi connectivity index (χ2n) is 3.42. The average Bonchev–Trinajstić information content (AvgIpc) is 2.52. The van der Waals surface area contributed by atoms with E-state index in [0.29, 0.717) is 15.6 Å². The van der Waals surface area contributed by atoms with Gasteiger partial charge in [-0.05, 0) is 41.9 Å². The molecule has 78 valence electrons. The van der Waals surface area contributed by atoms with E-state index < -0.39 is 0 Å². The Morgan fingerprint density at radius 3 is 2.73 bits per heavy atom. The lowest BCUT2D eigenvalue weighted by molar-refractivity contribution is 0.101. The number of aryl methyl sites for hydroxylation is 1. The molecule has 0 amide bonds. The number of furan rings is 1. The van der Waals surface area contributed by atoms with Gasteiger partial charge in [0.1, 0.15) is 16.0 Å². The molecule has 4 heteroatoms. The van der Waals surface area contributed by atoms with Crippen molar-refractivity contribution in [3.63, 3.8) is 0 Å². The third-order valence-corrected chi connectivity index (χ3v) is 2.96. The van der Waals surface area contributed by atoms with Gasteiger partial charge in [0.25, 0.3) is 0 Å². The lowest BCUT2D eigenvalue weighted by atomic mass is 10.1. The van der Waals surface area contributed by atoms with Gasteiger partial charge in [-0.15, -0.1) is 0 Å². The lowest BCUT2D eigenvalue weighted by Crippen LogP contribution is -1.92. The van der Waals surface area contributed by atoms with Gasteiger partial charge in [-0.25, -0.2) is 0 Å². The molecule has 0 atom stereocenters. The molecule has 1 aromatic carbocycles. The third-order valence-electron chi connectivity index (χ3n) is 2.23. The van der Waals surface area contributed by atoms with Gasteiger partial charge in [0.15, 0.2) is 11.4 Å². The van der Waals surface area contributed by atoms with Gasteiger partial charge in [-0.3, -0.25) is 4.79 Å². The van der Waals surface area contributed by atoms with Crippen molar-refractivity contribution in [2.24, 2.45) is 0 Å². The Labute approximate surface area is 94.8 Å². The van der Waals surface area contributed by atoms with Crippen molar-refractivity contribution in [3.8, 4) is 5.75 Å². The molecule has 0 saturated carbocycles. The monoisotopic (exact) mass is 268 g/mol. The van der Waals surface area contributed by atoms with Crippen molar-refractivity contribution in [1.29, 1.82) is 0 Å². The summed E-state index contributed by atoms with van der Waals surface area (Å²) in [6.07, 6.45) is 0. The van der Waals surface area contributed by atoms with Gasteiger partial charge < -0.3 is 9.52 Å². The summed E-state index contributed by atoms with van der Waals surface area (Å²) in [7, 11) is 0. The van der Waals surface area contributed by atoms with E-state index >= 15 is 0 Å². The predicted octanol–water partition coefficient (Wildman–Crippen LogP) is 3.41. The van der Waals surface area contributed by atoms with Gasteiger partial charge in [-0.2, -0.15) is 0 Å². The van der Waals surface area contributed by atoms with Crippen molar-refractivity contribution in [3.05, 3.63) is 27.9 Å². The Hall–Kier alpha value is -1.29. The number of ketones is 1. The highest BCUT2D eigenvalue weighted by Gasteiger charge is 2.16. The first kappa shape index (κ1) is 10.2. The SMILES string of the molecule is CC(=O)c1cc2cc(C)oc2c(Br)c1O. The molecule has 1 N–H and O–H groups in total. The Morgan fingerprint density at radius 2 is 2.13 bits per heavy atom. The summed E-state index contributed by atoms with van der Waals surface area (Å²) in [6.45, 7) is 3.23. The Kier molecular flexibility index (Phi) is 2.31. The fourth-order valence-electron chi connectivity index (χ4n) is 1.53. The first-order valence-electron chi connectivity index (χ1n) is 4.43. The number of hydrogen-bond donors (Lipinski definition) is 1. The van der Waals surface area contributed by atoms with Crippen molar-refractivity contribution in [1.82, 2.24) is 0 Å². The lowest BCUT2D eigenvalue weighted by Gasteiger charge is -2.03. The maximum atomic E-state index is 11.3. The maximum absolute atomic E-state index is 11.3. The Balaban J connectivity index is 2.87. The topological polar surface area (TPSA) is 50.4 Å². The minimum Gasteiger partial charge on any atom is -0.506 e. The molecule has 0 spiro atoms. The van der Waals surface area contributed by atoms with Crippen LogP contribution in [0.4, 0.5) is 0 Å². The molecule has 0 fully saturated rings. The molecule has 3 nitrogen and oxygen atoms in total. The predicted molar refractivity (Wildman–Crippen MR) is 60.3 cm³/mol. The Morgan fingerprint density at radius 1 is 1.47 bits per heavy atom. The van der Waals surface area contributed by atoms with E-state index in [1.807, 2.05) is 13.0 Å². The summed E-state index contributed by atoms with van der Waals surface area (Å²) in [5, 5.41) is 10.6. The molecule has 0 bridgehead atoms. The highest BCUT2D eigenvalue weighted by atomic mass is 79.9. The van der Waals surface area contributed by atoms with Crippen LogP contribution in [-0.2, 0) is 0 Å². The second kappa shape index (κ2) is 3.38. The van der Waals surface area contributed by atoms with Gasteiger partial charge >= 0.3 is 0 Å². The van der Waals surface area contributed by atoms with Crippen LogP contribution in [0.3, 0.4) is 0 Å². The minimum absolute atomic E-state index is 0.0654. The fraction of sp³-hybridized carbons (Fsp3) is 0.182. The van der Waals surface area contributed by atoms with Crippen LogP contribution in [0.25, 0.3) is 11.0 Å². The highest BCUT2D eigenvalue weighted by Crippen LogP contribution is 2.37. The number of carbonyl (C=O) groups is 1. The van der Waals surface area contributed by atoms with Crippen LogP contribution in [0.5, 0.6) is 5.75 Å². The van der Waals surface area contributed by atoms with Gasteiger partial charge in [-0.1, -0.05) is 0 Å². The van der Waals surface area contributed by atoms with Crippen LogP contribution >= 0.6 is 15.9 Å². The van der Waals surface area contributed by atoms with E-state index in [9.17, 15) is 9.90 Å². The van der Waals surface area contributed by atoms with E-state index in [0.717, 1.165) is 11.1 Å². The summed E-state index contributed by atoms with van der Waals surface area (Å²) in [5.41, 5.74) is 0.866. The number of fused-ring (bicyclic) bond motifs is 1. The molecule has 2 aromatic rings. The van der Waals surface area contributed by atoms with Crippen molar-refractivity contribution < 1.29 is 14.3 Å².